The van der Waals surface area contributed by atoms with Gasteiger partial charge in [-0.15, -0.1) is 0 Å². The fourth-order valence-corrected chi connectivity index (χ4v) is 2.38. The molecular weight excluding hydrogens is 292 g/mol. The molecule has 1 heterocycles. The first-order valence-corrected chi connectivity index (χ1v) is 7.66. The van der Waals surface area contributed by atoms with E-state index in [2.05, 4.69) is 4.98 Å². The molecule has 0 fully saturated rings. The van der Waals surface area contributed by atoms with Crippen molar-refractivity contribution in [2.24, 2.45) is 0 Å². The molecule has 2 rings (SSSR count). The van der Waals surface area contributed by atoms with Crippen LogP contribution in [-0.4, -0.2) is 40.5 Å². The zero-order valence-corrected chi connectivity index (χ0v) is 14.0. The lowest BCUT2D eigenvalue weighted by molar-refractivity contribution is -0.144. The van der Waals surface area contributed by atoms with Crippen LogP contribution in [0.3, 0.4) is 0 Å². The van der Waals surface area contributed by atoms with Gasteiger partial charge in [-0.2, -0.15) is 0 Å². The van der Waals surface area contributed by atoms with Gasteiger partial charge < -0.3 is 9.64 Å². The predicted octanol–water partition coefficient (Wildman–Crippen LogP) is 3.04. The number of hydrogen-bond donors (Lipinski definition) is 0. The van der Waals surface area contributed by atoms with Crippen LogP contribution in [0.1, 0.15) is 38.1 Å². The highest BCUT2D eigenvalue weighted by Gasteiger charge is 2.30. The third kappa shape index (κ3) is 3.86. The zero-order chi connectivity index (χ0) is 17.0. The second-order valence-electron chi connectivity index (χ2n) is 6.24. The Kier molecular flexibility index (Phi) is 4.98. The summed E-state index contributed by atoms with van der Waals surface area (Å²) in [6.45, 7) is 7.65. The number of amides is 1. The van der Waals surface area contributed by atoms with E-state index in [9.17, 15) is 9.59 Å². The molecule has 0 atom stereocenters. The Balaban J connectivity index is 2.42. The molecule has 0 bridgehead atoms. The van der Waals surface area contributed by atoms with Crippen molar-refractivity contribution >= 4 is 22.8 Å². The van der Waals surface area contributed by atoms with Crippen molar-refractivity contribution in [3.8, 4) is 0 Å². The monoisotopic (exact) mass is 314 g/mol. The Labute approximate surface area is 136 Å². The average Bonchev–Trinajstić information content (AvgIpc) is 2.50. The molecule has 2 aromatic rings. The quantitative estimate of drug-likeness (QED) is 0.814. The Morgan fingerprint density at radius 1 is 1.17 bits per heavy atom. The highest BCUT2D eigenvalue weighted by Crippen LogP contribution is 2.22. The molecule has 122 valence electrons. The Morgan fingerprint density at radius 3 is 2.57 bits per heavy atom. The van der Waals surface area contributed by atoms with Gasteiger partial charge in [-0.25, -0.2) is 0 Å². The summed E-state index contributed by atoms with van der Waals surface area (Å²) in [6, 6.07) is 9.08. The summed E-state index contributed by atoms with van der Waals surface area (Å²) in [6.07, 6.45) is 1.69. The molecule has 0 aliphatic rings. The summed E-state index contributed by atoms with van der Waals surface area (Å²) in [5.41, 5.74) is 0.784. The molecule has 0 saturated heterocycles. The minimum absolute atomic E-state index is 0.0766. The summed E-state index contributed by atoms with van der Waals surface area (Å²) in [5.74, 6) is -0.613. The van der Waals surface area contributed by atoms with Gasteiger partial charge in [-0.3, -0.25) is 14.6 Å². The van der Waals surface area contributed by atoms with E-state index in [0.29, 0.717) is 12.2 Å². The molecule has 5 nitrogen and oxygen atoms in total. The van der Waals surface area contributed by atoms with Crippen LogP contribution in [-0.2, 0) is 9.53 Å². The van der Waals surface area contributed by atoms with Gasteiger partial charge in [0.25, 0.3) is 5.91 Å². The zero-order valence-electron chi connectivity index (χ0n) is 14.0. The van der Waals surface area contributed by atoms with Gasteiger partial charge in [0.05, 0.1) is 12.1 Å². The minimum Gasteiger partial charge on any atom is -0.465 e. The number of carbonyl (C=O) groups excluding carboxylic acids is 2. The topological polar surface area (TPSA) is 59.5 Å². The third-order valence-corrected chi connectivity index (χ3v) is 3.52. The maximum Gasteiger partial charge on any atom is 0.325 e. The van der Waals surface area contributed by atoms with Crippen LogP contribution in [0.15, 0.2) is 36.5 Å². The van der Waals surface area contributed by atoms with E-state index in [4.69, 9.17) is 4.74 Å². The third-order valence-electron chi connectivity index (χ3n) is 3.52. The molecule has 0 N–H and O–H groups in total. The number of aromatic nitrogens is 1. The Hall–Kier alpha value is -2.43. The van der Waals surface area contributed by atoms with E-state index < -0.39 is 11.5 Å². The second kappa shape index (κ2) is 6.77. The molecular formula is C18H22N2O3. The Bertz CT molecular complexity index is 714. The molecule has 0 aliphatic heterocycles. The number of fused-ring (bicyclic) bond motifs is 1. The smallest absolute Gasteiger partial charge is 0.325 e. The molecule has 0 aliphatic carbocycles. The van der Waals surface area contributed by atoms with Crippen molar-refractivity contribution in [3.05, 3.63) is 42.1 Å². The van der Waals surface area contributed by atoms with E-state index in [-0.39, 0.29) is 12.5 Å². The average molecular weight is 314 g/mol. The van der Waals surface area contributed by atoms with Crippen molar-refractivity contribution in [2.75, 3.05) is 13.2 Å². The first-order chi connectivity index (χ1) is 10.8. The number of carbonyl (C=O) groups is 2. The fourth-order valence-electron chi connectivity index (χ4n) is 2.38. The molecule has 0 unspecified atom stereocenters. The van der Waals surface area contributed by atoms with Gasteiger partial charge in [0.15, 0.2) is 0 Å². The van der Waals surface area contributed by atoms with Gasteiger partial charge in [0.2, 0.25) is 0 Å². The molecule has 5 heteroatoms. The Morgan fingerprint density at radius 2 is 1.91 bits per heavy atom. The van der Waals surface area contributed by atoms with Crippen molar-refractivity contribution in [2.45, 2.75) is 33.2 Å². The summed E-state index contributed by atoms with van der Waals surface area (Å²) in [4.78, 5) is 30.7. The van der Waals surface area contributed by atoms with Crippen LogP contribution in [0.4, 0.5) is 0 Å². The normalized spacial score (nSPS) is 11.3. The van der Waals surface area contributed by atoms with Crippen molar-refractivity contribution < 1.29 is 14.3 Å². The second-order valence-corrected chi connectivity index (χ2v) is 6.24. The lowest BCUT2D eigenvalue weighted by Gasteiger charge is -2.35. The summed E-state index contributed by atoms with van der Waals surface area (Å²) < 4.78 is 5.00. The molecule has 23 heavy (non-hydrogen) atoms. The highest BCUT2D eigenvalue weighted by molar-refractivity contribution is 6.07. The fraction of sp³-hybridized carbons (Fsp3) is 0.389. The lowest BCUT2D eigenvalue weighted by Crippen LogP contribution is -2.48. The molecule has 0 spiro atoms. The molecule has 1 aromatic heterocycles. The molecule has 1 aromatic carbocycles. The largest absolute Gasteiger partial charge is 0.465 e. The van der Waals surface area contributed by atoms with E-state index in [1.54, 1.807) is 31.3 Å². The highest BCUT2D eigenvalue weighted by atomic mass is 16.5. The number of benzene rings is 1. The molecule has 1 amide bonds. The van der Waals surface area contributed by atoms with Crippen molar-refractivity contribution in [1.29, 1.82) is 0 Å². The van der Waals surface area contributed by atoms with Crippen LogP contribution >= 0.6 is 0 Å². The summed E-state index contributed by atoms with van der Waals surface area (Å²) >= 11 is 0. The van der Waals surface area contributed by atoms with E-state index in [0.717, 1.165) is 10.9 Å². The minimum atomic E-state index is -0.506. The van der Waals surface area contributed by atoms with Gasteiger partial charge in [0, 0.05) is 22.7 Å². The SMILES string of the molecule is CCOC(=O)CN(C(=O)c1cccc2ncccc12)C(C)(C)C. The maximum atomic E-state index is 13.0. The van der Waals surface area contributed by atoms with Crippen molar-refractivity contribution in [1.82, 2.24) is 9.88 Å². The van der Waals surface area contributed by atoms with Gasteiger partial charge in [0.1, 0.15) is 6.54 Å². The first kappa shape index (κ1) is 16.9. The number of esters is 1. The summed E-state index contributed by atoms with van der Waals surface area (Å²) in [7, 11) is 0. The van der Waals surface area contributed by atoms with Gasteiger partial charge in [-0.05, 0) is 45.9 Å². The lowest BCUT2D eigenvalue weighted by atomic mass is 10.0. The number of rotatable bonds is 4. The van der Waals surface area contributed by atoms with E-state index in [1.807, 2.05) is 32.9 Å². The number of nitrogens with zero attached hydrogens (tertiary/aromatic N) is 2. The first-order valence-electron chi connectivity index (χ1n) is 7.66. The van der Waals surface area contributed by atoms with E-state index in [1.165, 1.54) is 4.90 Å². The van der Waals surface area contributed by atoms with E-state index >= 15 is 0 Å². The predicted molar refractivity (Wildman–Crippen MR) is 89.2 cm³/mol. The standard InChI is InChI=1S/C18H22N2O3/c1-5-23-16(21)12-20(18(2,3)4)17(22)14-8-6-10-15-13(14)9-7-11-19-15/h6-11H,5,12H2,1-4H3. The molecule has 0 radical (unpaired) electrons. The summed E-state index contributed by atoms with van der Waals surface area (Å²) in [5, 5.41) is 0.776. The number of ether oxygens (including phenoxy) is 1. The maximum absolute atomic E-state index is 13.0. The van der Waals surface area contributed by atoms with Gasteiger partial charge in [-0.1, -0.05) is 12.1 Å². The number of hydrogen-bond acceptors (Lipinski definition) is 4. The number of pyridine rings is 1. The van der Waals surface area contributed by atoms with Crippen LogP contribution in [0.5, 0.6) is 0 Å². The van der Waals surface area contributed by atoms with Gasteiger partial charge >= 0.3 is 5.97 Å². The van der Waals surface area contributed by atoms with Crippen LogP contribution in [0, 0.1) is 0 Å². The van der Waals surface area contributed by atoms with Crippen LogP contribution in [0.25, 0.3) is 10.9 Å². The van der Waals surface area contributed by atoms with Crippen LogP contribution in [0.2, 0.25) is 0 Å². The molecule has 0 saturated carbocycles. The van der Waals surface area contributed by atoms with Crippen LogP contribution < -0.4 is 0 Å². The van der Waals surface area contributed by atoms with Crippen molar-refractivity contribution in [3.63, 3.8) is 0 Å².